The van der Waals surface area contributed by atoms with Gasteiger partial charge in [-0.25, -0.2) is 14.6 Å². The lowest BCUT2D eigenvalue weighted by Gasteiger charge is -2.17. The Morgan fingerprint density at radius 3 is 1.39 bits per heavy atom. The molecule has 4 aromatic rings. The Morgan fingerprint density at radius 1 is 0.636 bits per heavy atom. The maximum Gasteiger partial charge on any atom is 0.245 e. The van der Waals surface area contributed by atoms with Crippen LogP contribution in [0.15, 0.2) is 28.9 Å². The Labute approximate surface area is 197 Å². The largest absolute Gasteiger partial charge is 0.495 e. The van der Waals surface area contributed by atoms with Gasteiger partial charge >= 0.3 is 0 Å². The molecule has 0 spiro atoms. The SMILES string of the molecule is COc1cc(Nc2nc3nonc3nc2Nc2cc(OC)c(Cl)cc2OC)c(OC)cc1Cl. The van der Waals surface area contributed by atoms with Crippen molar-refractivity contribution in [3.63, 3.8) is 0 Å². The fourth-order valence-corrected chi connectivity index (χ4v) is 3.45. The number of anilines is 4. The molecule has 0 saturated carbocycles. The van der Waals surface area contributed by atoms with E-state index in [2.05, 4.69) is 30.9 Å². The first-order valence-corrected chi connectivity index (χ1v) is 10.1. The molecule has 2 aromatic heterocycles. The Bertz CT molecular complexity index is 1220. The highest BCUT2D eigenvalue weighted by Crippen LogP contribution is 2.40. The molecule has 0 aliphatic carbocycles. The molecule has 0 unspecified atom stereocenters. The van der Waals surface area contributed by atoms with Crippen LogP contribution in [0.3, 0.4) is 0 Å². The zero-order valence-corrected chi connectivity index (χ0v) is 19.4. The van der Waals surface area contributed by atoms with Crippen molar-refractivity contribution in [1.29, 1.82) is 0 Å². The summed E-state index contributed by atoms with van der Waals surface area (Å²) >= 11 is 12.4. The van der Waals surface area contributed by atoms with E-state index in [0.29, 0.717) is 44.4 Å². The fourth-order valence-electron chi connectivity index (χ4n) is 2.98. The van der Waals surface area contributed by atoms with Gasteiger partial charge in [-0.3, -0.25) is 0 Å². The average molecular weight is 493 g/mol. The van der Waals surface area contributed by atoms with E-state index in [1.807, 2.05) is 0 Å². The van der Waals surface area contributed by atoms with Crippen molar-refractivity contribution in [3.05, 3.63) is 34.3 Å². The Hall–Kier alpha value is -3.70. The van der Waals surface area contributed by atoms with Gasteiger partial charge in [0.15, 0.2) is 11.6 Å². The van der Waals surface area contributed by atoms with Gasteiger partial charge in [0.25, 0.3) is 0 Å². The number of halogens is 2. The van der Waals surface area contributed by atoms with Crippen LogP contribution in [0, 0.1) is 0 Å². The van der Waals surface area contributed by atoms with Crippen LogP contribution in [0.5, 0.6) is 23.0 Å². The number of fused-ring (bicyclic) bond motifs is 1. The number of methoxy groups -OCH3 is 4. The second kappa shape index (κ2) is 9.43. The minimum Gasteiger partial charge on any atom is -0.495 e. The molecular formula is C20H18Cl2N6O5. The van der Waals surface area contributed by atoms with Crippen molar-refractivity contribution in [2.45, 2.75) is 0 Å². The predicted octanol–water partition coefficient (Wildman–Crippen LogP) is 4.84. The van der Waals surface area contributed by atoms with Gasteiger partial charge in [0, 0.05) is 24.3 Å². The van der Waals surface area contributed by atoms with Gasteiger partial charge in [0.2, 0.25) is 11.3 Å². The van der Waals surface area contributed by atoms with Gasteiger partial charge in [-0.15, -0.1) is 0 Å². The van der Waals surface area contributed by atoms with Crippen LogP contribution >= 0.6 is 23.2 Å². The summed E-state index contributed by atoms with van der Waals surface area (Å²) in [6, 6.07) is 6.58. The van der Waals surface area contributed by atoms with E-state index < -0.39 is 0 Å². The Kier molecular flexibility index (Phi) is 6.43. The molecule has 0 amide bonds. The van der Waals surface area contributed by atoms with E-state index >= 15 is 0 Å². The Balaban J connectivity index is 1.82. The number of nitrogens with zero attached hydrogens (tertiary/aromatic N) is 4. The third kappa shape index (κ3) is 4.45. The van der Waals surface area contributed by atoms with Crippen LogP contribution in [0.25, 0.3) is 11.3 Å². The molecule has 0 atom stereocenters. The quantitative estimate of drug-likeness (QED) is 0.350. The monoisotopic (exact) mass is 492 g/mol. The highest BCUT2D eigenvalue weighted by atomic mass is 35.5. The number of ether oxygens (including phenoxy) is 4. The molecular weight excluding hydrogens is 475 g/mol. The number of rotatable bonds is 8. The number of benzene rings is 2. The summed E-state index contributed by atoms with van der Waals surface area (Å²) in [5.74, 6) is 2.37. The van der Waals surface area contributed by atoms with Crippen LogP contribution in [-0.2, 0) is 0 Å². The van der Waals surface area contributed by atoms with Gasteiger partial charge in [-0.05, 0) is 10.3 Å². The lowest BCUT2D eigenvalue weighted by molar-refractivity contribution is 0.314. The first-order valence-electron chi connectivity index (χ1n) is 9.34. The molecule has 0 aliphatic rings. The standard InChI is InChI=1S/C20H18Cl2N6O5/c1-29-13-7-11(15(31-3)5-9(13)21)23-17-18(26-20-19(25-17)27-33-28-20)24-12-8-14(30-2)10(22)6-16(12)32-4/h5-8H,1-4H3,(H,23,25,27)(H,24,26,28). The summed E-state index contributed by atoms with van der Waals surface area (Å²) in [4.78, 5) is 8.93. The molecule has 11 nitrogen and oxygen atoms in total. The summed E-state index contributed by atoms with van der Waals surface area (Å²) in [5.41, 5.74) is 1.44. The smallest absolute Gasteiger partial charge is 0.245 e. The molecule has 0 saturated heterocycles. The van der Waals surface area contributed by atoms with Crippen LogP contribution in [0.2, 0.25) is 10.0 Å². The van der Waals surface area contributed by atoms with Gasteiger partial charge in [-0.2, -0.15) is 0 Å². The molecule has 4 rings (SSSR count). The molecule has 2 heterocycles. The summed E-state index contributed by atoms with van der Waals surface area (Å²) in [6.45, 7) is 0. The Morgan fingerprint density at radius 2 is 1.03 bits per heavy atom. The highest BCUT2D eigenvalue weighted by molar-refractivity contribution is 6.32. The second-order valence-corrected chi connectivity index (χ2v) is 7.27. The molecule has 13 heteroatoms. The first kappa shape index (κ1) is 22.5. The van der Waals surface area contributed by atoms with E-state index in [0.717, 1.165) is 0 Å². The zero-order chi connectivity index (χ0) is 23.5. The lowest BCUT2D eigenvalue weighted by atomic mass is 10.2. The van der Waals surface area contributed by atoms with Crippen molar-refractivity contribution in [1.82, 2.24) is 20.3 Å². The number of hydrogen-bond acceptors (Lipinski definition) is 11. The van der Waals surface area contributed by atoms with Crippen molar-refractivity contribution >= 4 is 57.5 Å². The van der Waals surface area contributed by atoms with Crippen LogP contribution < -0.4 is 29.6 Å². The van der Waals surface area contributed by atoms with Crippen LogP contribution in [0.1, 0.15) is 0 Å². The second-order valence-electron chi connectivity index (χ2n) is 6.46. The summed E-state index contributed by atoms with van der Waals surface area (Å²) in [7, 11) is 6.06. The zero-order valence-electron chi connectivity index (χ0n) is 17.9. The summed E-state index contributed by atoms with van der Waals surface area (Å²) in [5, 5.41) is 14.6. The number of aromatic nitrogens is 4. The van der Waals surface area contributed by atoms with E-state index in [-0.39, 0.29) is 22.9 Å². The fraction of sp³-hybridized carbons (Fsp3) is 0.200. The third-order valence-electron chi connectivity index (χ3n) is 4.57. The van der Waals surface area contributed by atoms with E-state index in [4.69, 9.17) is 46.8 Å². The topological polar surface area (TPSA) is 126 Å². The number of hydrogen-bond donors (Lipinski definition) is 2. The number of nitrogens with one attached hydrogen (secondary N) is 2. The van der Waals surface area contributed by atoms with Crippen molar-refractivity contribution in [2.24, 2.45) is 0 Å². The van der Waals surface area contributed by atoms with Gasteiger partial charge in [0.1, 0.15) is 23.0 Å². The van der Waals surface area contributed by atoms with Gasteiger partial charge in [0.05, 0.1) is 49.9 Å². The van der Waals surface area contributed by atoms with Crippen LogP contribution in [0.4, 0.5) is 23.0 Å². The van der Waals surface area contributed by atoms with E-state index in [1.54, 1.807) is 24.3 Å². The maximum atomic E-state index is 6.22. The van der Waals surface area contributed by atoms with Crippen molar-refractivity contribution < 1.29 is 23.6 Å². The third-order valence-corrected chi connectivity index (χ3v) is 5.16. The predicted molar refractivity (Wildman–Crippen MR) is 123 cm³/mol. The first-order chi connectivity index (χ1) is 16.0. The maximum absolute atomic E-state index is 6.22. The highest BCUT2D eigenvalue weighted by Gasteiger charge is 2.19. The molecule has 0 bridgehead atoms. The van der Waals surface area contributed by atoms with Crippen molar-refractivity contribution in [3.8, 4) is 23.0 Å². The summed E-state index contributed by atoms with van der Waals surface area (Å²) in [6.07, 6.45) is 0. The molecule has 172 valence electrons. The summed E-state index contributed by atoms with van der Waals surface area (Å²) < 4.78 is 26.3. The molecule has 33 heavy (non-hydrogen) atoms. The van der Waals surface area contributed by atoms with E-state index in [1.165, 1.54) is 28.4 Å². The van der Waals surface area contributed by atoms with Crippen molar-refractivity contribution in [2.75, 3.05) is 39.1 Å². The molecule has 0 fully saturated rings. The molecule has 2 aromatic carbocycles. The minimum absolute atomic E-state index is 0.198. The van der Waals surface area contributed by atoms with E-state index in [9.17, 15) is 0 Å². The lowest BCUT2D eigenvalue weighted by Crippen LogP contribution is -2.05. The molecule has 0 radical (unpaired) electrons. The minimum atomic E-state index is 0.198. The van der Waals surface area contributed by atoms with Gasteiger partial charge < -0.3 is 29.6 Å². The van der Waals surface area contributed by atoms with Crippen LogP contribution in [-0.4, -0.2) is 48.7 Å². The molecule has 2 N–H and O–H groups in total. The van der Waals surface area contributed by atoms with Gasteiger partial charge in [-0.1, -0.05) is 23.2 Å². The molecule has 0 aliphatic heterocycles. The normalized spacial score (nSPS) is 10.7. The average Bonchev–Trinajstić information content (AvgIpc) is 3.27.